The smallest absolute Gasteiger partial charge is 0.372 e. The number of H-pyrrole nitrogens is 1. The molecule has 0 aliphatic carbocycles. The van der Waals surface area contributed by atoms with E-state index < -0.39 is 47.2 Å². The topological polar surface area (TPSA) is 106 Å². The van der Waals surface area contributed by atoms with E-state index in [0.717, 1.165) is 18.2 Å². The largest absolute Gasteiger partial charge is 0.416 e. The summed E-state index contributed by atoms with van der Waals surface area (Å²) in [6.07, 6.45) is -5.46. The van der Waals surface area contributed by atoms with Crippen molar-refractivity contribution in [3.8, 4) is 0 Å². The second-order valence-corrected chi connectivity index (χ2v) is 13.1. The van der Waals surface area contributed by atoms with Crippen LogP contribution in [0.1, 0.15) is 51.0 Å². The van der Waals surface area contributed by atoms with Crippen molar-refractivity contribution in [2.45, 2.75) is 60.6 Å². The van der Waals surface area contributed by atoms with Gasteiger partial charge in [-0.15, -0.1) is 0 Å². The molecule has 7 nitrogen and oxygen atoms in total. The van der Waals surface area contributed by atoms with Gasteiger partial charge in [0.25, 0.3) is 0 Å². The molecule has 32 heavy (non-hydrogen) atoms. The van der Waals surface area contributed by atoms with Crippen LogP contribution in [-0.2, 0) is 30.6 Å². The number of rotatable bonds is 6. The van der Waals surface area contributed by atoms with Gasteiger partial charge >= 0.3 is 6.18 Å². The SMILES string of the molecule is CC(C)CS(=O)(=O)c1cc(C2CC(C)(S(=O)(=O)c3cccc(C(F)(F)F)c3)CCO2)[nH]n1. The maximum absolute atomic E-state index is 13.3. The number of ether oxygens (including phenoxy) is 1. The summed E-state index contributed by atoms with van der Waals surface area (Å²) in [6.45, 7) is 5.02. The number of aromatic nitrogens is 2. The number of hydrogen-bond acceptors (Lipinski definition) is 6. The number of benzene rings is 1. The Morgan fingerprint density at radius 3 is 2.53 bits per heavy atom. The average Bonchev–Trinajstić information content (AvgIpc) is 3.18. The van der Waals surface area contributed by atoms with Gasteiger partial charge in [-0.1, -0.05) is 19.9 Å². The Hall–Kier alpha value is -1.92. The molecule has 1 aromatic carbocycles. The van der Waals surface area contributed by atoms with Gasteiger partial charge in [-0.2, -0.15) is 18.3 Å². The summed E-state index contributed by atoms with van der Waals surface area (Å²) < 4.78 is 94.9. The Balaban J connectivity index is 1.90. The van der Waals surface area contributed by atoms with Gasteiger partial charge in [0.2, 0.25) is 0 Å². The lowest BCUT2D eigenvalue weighted by molar-refractivity contribution is -0.137. The Kier molecular flexibility index (Phi) is 6.53. The molecule has 1 fully saturated rings. The molecule has 178 valence electrons. The number of nitrogens with zero attached hydrogens (tertiary/aromatic N) is 1. The van der Waals surface area contributed by atoms with Gasteiger partial charge in [0.1, 0.15) is 6.10 Å². The standard InChI is InChI=1S/C20H25F3N2O5S2/c1-13(2)12-31(26,27)18-10-16(24-25-18)17-11-19(3,7-8-30-17)32(28,29)15-6-4-5-14(9-15)20(21,22)23/h4-6,9-10,13,17H,7-8,11-12H2,1-3H3,(H,24,25). The highest BCUT2D eigenvalue weighted by molar-refractivity contribution is 7.92. The van der Waals surface area contributed by atoms with Crippen LogP contribution < -0.4 is 0 Å². The Morgan fingerprint density at radius 1 is 1.22 bits per heavy atom. The predicted molar refractivity (Wildman–Crippen MR) is 110 cm³/mol. The lowest BCUT2D eigenvalue weighted by atomic mass is 9.95. The van der Waals surface area contributed by atoms with Crippen LogP contribution in [0.2, 0.25) is 0 Å². The number of hydrogen-bond donors (Lipinski definition) is 1. The third-order valence-electron chi connectivity index (χ3n) is 5.48. The van der Waals surface area contributed by atoms with E-state index in [1.807, 2.05) is 0 Å². The van der Waals surface area contributed by atoms with Crippen molar-refractivity contribution >= 4 is 19.7 Å². The van der Waals surface area contributed by atoms with Crippen LogP contribution in [0.4, 0.5) is 13.2 Å². The van der Waals surface area contributed by atoms with Crippen LogP contribution in [-0.4, -0.2) is 44.1 Å². The zero-order valence-corrected chi connectivity index (χ0v) is 19.4. The van der Waals surface area contributed by atoms with Crippen molar-refractivity contribution in [3.05, 3.63) is 41.6 Å². The Bertz CT molecular complexity index is 1190. The van der Waals surface area contributed by atoms with E-state index in [0.29, 0.717) is 11.8 Å². The molecule has 3 rings (SSSR count). The van der Waals surface area contributed by atoms with E-state index in [1.165, 1.54) is 13.0 Å². The Labute approximate surface area is 185 Å². The maximum atomic E-state index is 13.3. The third-order valence-corrected chi connectivity index (χ3v) is 9.97. The van der Waals surface area contributed by atoms with E-state index in [4.69, 9.17) is 4.74 Å². The molecule has 2 atom stereocenters. The molecule has 1 aromatic heterocycles. The molecule has 0 radical (unpaired) electrons. The maximum Gasteiger partial charge on any atom is 0.416 e. The summed E-state index contributed by atoms with van der Waals surface area (Å²) >= 11 is 0. The van der Waals surface area contributed by atoms with Gasteiger partial charge in [0.15, 0.2) is 24.7 Å². The molecule has 0 bridgehead atoms. The van der Waals surface area contributed by atoms with E-state index in [9.17, 15) is 30.0 Å². The molecule has 2 heterocycles. The normalized spacial score (nSPS) is 22.9. The van der Waals surface area contributed by atoms with Crippen molar-refractivity contribution in [2.75, 3.05) is 12.4 Å². The first kappa shape index (κ1) is 24.7. The first-order valence-electron chi connectivity index (χ1n) is 9.97. The van der Waals surface area contributed by atoms with Crippen molar-refractivity contribution < 1.29 is 34.7 Å². The van der Waals surface area contributed by atoms with E-state index >= 15 is 0 Å². The molecule has 1 aliphatic heterocycles. The highest BCUT2D eigenvalue weighted by Gasteiger charge is 2.46. The molecule has 0 amide bonds. The van der Waals surface area contributed by atoms with E-state index in [-0.39, 0.29) is 36.1 Å². The number of alkyl halides is 3. The summed E-state index contributed by atoms with van der Waals surface area (Å²) in [7, 11) is -7.77. The average molecular weight is 495 g/mol. The number of aromatic amines is 1. The molecule has 2 unspecified atom stereocenters. The highest BCUT2D eigenvalue weighted by atomic mass is 32.2. The second kappa shape index (κ2) is 8.45. The van der Waals surface area contributed by atoms with E-state index in [1.54, 1.807) is 13.8 Å². The predicted octanol–water partition coefficient (Wildman–Crippen LogP) is 3.94. The molecule has 0 saturated carbocycles. The van der Waals surface area contributed by atoms with Gasteiger partial charge in [-0.05, 0) is 43.9 Å². The van der Waals surface area contributed by atoms with E-state index in [2.05, 4.69) is 10.2 Å². The molecular weight excluding hydrogens is 469 g/mol. The fourth-order valence-electron chi connectivity index (χ4n) is 3.70. The number of nitrogens with one attached hydrogen (secondary N) is 1. The molecule has 12 heteroatoms. The van der Waals surface area contributed by atoms with Crippen LogP contribution in [0.25, 0.3) is 0 Å². The van der Waals surface area contributed by atoms with Crippen LogP contribution >= 0.6 is 0 Å². The molecule has 1 aliphatic rings. The minimum atomic E-state index is -4.67. The summed E-state index contributed by atoms with van der Waals surface area (Å²) in [5.74, 6) is -0.197. The lowest BCUT2D eigenvalue weighted by Crippen LogP contribution is -2.42. The van der Waals surface area contributed by atoms with Gasteiger partial charge in [-0.3, -0.25) is 5.10 Å². The second-order valence-electron chi connectivity index (χ2n) is 8.63. The first-order chi connectivity index (χ1) is 14.7. The van der Waals surface area contributed by atoms with Gasteiger partial charge in [0.05, 0.1) is 26.7 Å². The van der Waals surface area contributed by atoms with Crippen LogP contribution in [0, 0.1) is 5.92 Å². The summed E-state index contributed by atoms with van der Waals surface area (Å²) in [4.78, 5) is -0.416. The minimum Gasteiger partial charge on any atom is -0.372 e. The quantitative estimate of drug-likeness (QED) is 0.652. The van der Waals surface area contributed by atoms with Crippen LogP contribution in [0.5, 0.6) is 0 Å². The molecule has 1 N–H and O–H groups in total. The summed E-state index contributed by atoms with van der Waals surface area (Å²) in [5.41, 5.74) is -0.739. The lowest BCUT2D eigenvalue weighted by Gasteiger charge is -2.37. The number of sulfone groups is 2. The molecule has 0 spiro atoms. The summed E-state index contributed by atoms with van der Waals surface area (Å²) in [6, 6.07) is 4.99. The third kappa shape index (κ3) is 4.86. The minimum absolute atomic E-state index is 0.0342. The molecule has 2 aromatic rings. The first-order valence-corrected chi connectivity index (χ1v) is 13.1. The van der Waals surface area contributed by atoms with Crippen molar-refractivity contribution in [3.63, 3.8) is 0 Å². The zero-order valence-electron chi connectivity index (χ0n) is 17.8. The summed E-state index contributed by atoms with van der Waals surface area (Å²) in [5, 5.41) is 6.32. The van der Waals surface area contributed by atoms with Crippen molar-refractivity contribution in [1.82, 2.24) is 10.2 Å². The van der Waals surface area contributed by atoms with Gasteiger partial charge in [-0.25, -0.2) is 16.8 Å². The van der Waals surface area contributed by atoms with Crippen LogP contribution in [0.15, 0.2) is 40.3 Å². The van der Waals surface area contributed by atoms with Crippen LogP contribution in [0.3, 0.4) is 0 Å². The van der Waals surface area contributed by atoms with Gasteiger partial charge < -0.3 is 4.74 Å². The number of halogens is 3. The zero-order chi connectivity index (χ0) is 23.9. The van der Waals surface area contributed by atoms with Crippen molar-refractivity contribution in [2.24, 2.45) is 5.92 Å². The monoisotopic (exact) mass is 494 g/mol. The van der Waals surface area contributed by atoms with Gasteiger partial charge in [0, 0.05) is 12.7 Å². The Morgan fingerprint density at radius 2 is 1.91 bits per heavy atom. The highest BCUT2D eigenvalue weighted by Crippen LogP contribution is 2.42. The molecule has 1 saturated heterocycles. The fourth-order valence-corrected chi connectivity index (χ4v) is 7.08. The molecular formula is C20H25F3N2O5S2. The van der Waals surface area contributed by atoms with Crippen molar-refractivity contribution in [1.29, 1.82) is 0 Å². The fraction of sp³-hybridized carbons (Fsp3) is 0.550.